The maximum atomic E-state index is 13.8. The summed E-state index contributed by atoms with van der Waals surface area (Å²) in [5.41, 5.74) is 4.30. The van der Waals surface area contributed by atoms with Crippen molar-refractivity contribution in [1.82, 2.24) is 29.5 Å². The van der Waals surface area contributed by atoms with E-state index in [4.69, 9.17) is 15.1 Å². The molecule has 0 aromatic carbocycles. The van der Waals surface area contributed by atoms with Crippen LogP contribution in [0.4, 0.5) is 5.82 Å². The fourth-order valence-electron chi connectivity index (χ4n) is 4.70. The van der Waals surface area contributed by atoms with Crippen LogP contribution in [-0.2, 0) is 10.0 Å². The highest BCUT2D eigenvalue weighted by Gasteiger charge is 2.33. The van der Waals surface area contributed by atoms with Crippen molar-refractivity contribution < 1.29 is 8.42 Å². The number of nitrogens with zero attached hydrogens (tertiary/aromatic N) is 7. The van der Waals surface area contributed by atoms with Crippen LogP contribution in [0, 0.1) is 19.8 Å². The van der Waals surface area contributed by atoms with Crippen LogP contribution in [0.1, 0.15) is 68.6 Å². The SMILES string of the molecule is C=N/C(=C\C=C(/C)S(N)(=O)=O)CNc1nc2c(C)nc(-c3c(C)ncnc3C3CC3)nc2n([C@@H](C)C2CC2)c1=O. The average molecular weight is 564 g/mol. The molecule has 2 fully saturated rings. The predicted octanol–water partition coefficient (Wildman–Crippen LogP) is 3.30. The fraction of sp³-hybridized carbons (Fsp3) is 0.444. The van der Waals surface area contributed by atoms with Crippen LogP contribution in [0.5, 0.6) is 0 Å². The molecule has 3 N–H and O–H groups in total. The number of nitrogens with two attached hydrogens (primary N) is 1. The third-order valence-electron chi connectivity index (χ3n) is 7.48. The number of fused-ring (bicyclic) bond motifs is 1. The molecule has 12 nitrogen and oxygen atoms in total. The predicted molar refractivity (Wildman–Crippen MR) is 154 cm³/mol. The number of aliphatic imine (C=N–C) groups is 1. The number of aromatic nitrogens is 6. The number of aryl methyl sites for hydroxylation is 2. The third-order valence-corrected chi connectivity index (χ3v) is 8.51. The van der Waals surface area contributed by atoms with E-state index < -0.39 is 10.0 Å². The second-order valence-electron chi connectivity index (χ2n) is 10.5. The van der Waals surface area contributed by atoms with Gasteiger partial charge in [0.15, 0.2) is 17.3 Å². The Morgan fingerprint density at radius 2 is 1.90 bits per heavy atom. The number of rotatable bonds is 10. The summed E-state index contributed by atoms with van der Waals surface area (Å²) in [7, 11) is -3.81. The van der Waals surface area contributed by atoms with E-state index in [9.17, 15) is 13.2 Å². The summed E-state index contributed by atoms with van der Waals surface area (Å²) in [5, 5.41) is 8.21. The Labute approximate surface area is 232 Å². The molecule has 0 radical (unpaired) electrons. The van der Waals surface area contributed by atoms with Gasteiger partial charge in [-0.25, -0.2) is 38.5 Å². The van der Waals surface area contributed by atoms with Crippen molar-refractivity contribution in [3.63, 3.8) is 0 Å². The molecule has 3 aromatic heterocycles. The van der Waals surface area contributed by atoms with Crippen molar-refractivity contribution in [2.75, 3.05) is 11.9 Å². The molecule has 0 aliphatic heterocycles. The Kier molecular flexibility index (Phi) is 7.36. The van der Waals surface area contributed by atoms with Crippen molar-refractivity contribution in [1.29, 1.82) is 0 Å². The Hall–Kier alpha value is -3.84. The largest absolute Gasteiger partial charge is 0.360 e. The lowest BCUT2D eigenvalue weighted by atomic mass is 10.1. The number of hydrogen-bond acceptors (Lipinski definition) is 10. The molecule has 3 aromatic rings. The summed E-state index contributed by atoms with van der Waals surface area (Å²) in [6.45, 7) is 10.8. The van der Waals surface area contributed by atoms with Gasteiger partial charge in [0.05, 0.1) is 39.8 Å². The standard InChI is InChI=1S/C27H33N9O3S/c1-14(40(28,38)39)6-11-20(29-5)12-30-25-27(37)36(17(4)18-7-8-18)26-22(34-25)16(3)33-24(35-26)21-15(2)31-13-32-23(21)19-9-10-19/h6,11,13,17-19H,5,7-10,12H2,1-4H3,(H,30,34)(H2,28,38,39)/b14-6+,20-11-/t17-/m0/s1. The highest BCUT2D eigenvalue weighted by molar-refractivity contribution is 7.93. The van der Waals surface area contributed by atoms with Crippen molar-refractivity contribution in [2.24, 2.45) is 16.0 Å². The fourth-order valence-corrected chi connectivity index (χ4v) is 4.96. The normalized spacial score (nSPS) is 17.2. The van der Waals surface area contributed by atoms with E-state index in [1.165, 1.54) is 19.1 Å². The molecule has 2 aliphatic rings. The molecule has 0 spiro atoms. The van der Waals surface area contributed by atoms with Gasteiger partial charge in [-0.15, -0.1) is 0 Å². The second-order valence-corrected chi connectivity index (χ2v) is 12.2. The molecule has 0 bridgehead atoms. The summed E-state index contributed by atoms with van der Waals surface area (Å²) in [6.07, 6.45) is 8.63. The molecule has 2 aliphatic carbocycles. The smallest absolute Gasteiger partial charge is 0.295 e. The van der Waals surface area contributed by atoms with Crippen molar-refractivity contribution in [2.45, 2.75) is 65.3 Å². The quantitative estimate of drug-likeness (QED) is 0.277. The summed E-state index contributed by atoms with van der Waals surface area (Å²) < 4.78 is 24.7. The number of nitrogens with one attached hydrogen (secondary N) is 1. The van der Waals surface area contributed by atoms with E-state index in [-0.39, 0.29) is 28.9 Å². The lowest BCUT2D eigenvalue weighted by Gasteiger charge is -2.20. The van der Waals surface area contributed by atoms with E-state index in [2.05, 4.69) is 32.0 Å². The number of sulfonamides is 1. The van der Waals surface area contributed by atoms with Crippen LogP contribution in [0.15, 0.2) is 38.9 Å². The van der Waals surface area contributed by atoms with E-state index in [0.717, 1.165) is 42.6 Å². The topological polar surface area (TPSA) is 171 Å². The van der Waals surface area contributed by atoms with Crippen LogP contribution in [0.3, 0.4) is 0 Å². The molecule has 40 heavy (non-hydrogen) atoms. The minimum absolute atomic E-state index is 0.0226. The first-order chi connectivity index (χ1) is 19.0. The Morgan fingerprint density at radius 1 is 1.18 bits per heavy atom. The molecule has 0 unspecified atom stereocenters. The van der Waals surface area contributed by atoms with E-state index >= 15 is 0 Å². The Morgan fingerprint density at radius 3 is 2.52 bits per heavy atom. The van der Waals surface area contributed by atoms with Crippen LogP contribution in [0.25, 0.3) is 22.6 Å². The number of allylic oxidation sites excluding steroid dienone is 3. The molecule has 0 amide bonds. The second kappa shape index (κ2) is 10.6. The molecule has 13 heteroatoms. The molecular weight excluding hydrogens is 530 g/mol. The van der Waals surface area contributed by atoms with Gasteiger partial charge in [-0.1, -0.05) is 0 Å². The lowest BCUT2D eigenvalue weighted by molar-refractivity contribution is 0.482. The number of primary sulfonamides is 1. The molecule has 210 valence electrons. The highest BCUT2D eigenvalue weighted by Crippen LogP contribution is 2.44. The zero-order chi connectivity index (χ0) is 28.8. The van der Waals surface area contributed by atoms with Gasteiger partial charge < -0.3 is 5.32 Å². The van der Waals surface area contributed by atoms with Crippen molar-refractivity contribution >= 4 is 33.7 Å². The summed E-state index contributed by atoms with van der Waals surface area (Å²) in [4.78, 5) is 41.1. The molecule has 1 atom stereocenters. The maximum Gasteiger partial charge on any atom is 0.295 e. The zero-order valence-corrected chi connectivity index (χ0v) is 23.9. The van der Waals surface area contributed by atoms with Crippen molar-refractivity contribution in [3.8, 4) is 11.4 Å². The first kappa shape index (κ1) is 27.7. The number of hydrogen-bond donors (Lipinski definition) is 2. The van der Waals surface area contributed by atoms with Gasteiger partial charge in [-0.2, -0.15) is 0 Å². The molecule has 0 saturated heterocycles. The van der Waals surface area contributed by atoms with Gasteiger partial charge in [0.2, 0.25) is 10.0 Å². The molecule has 5 rings (SSSR count). The minimum Gasteiger partial charge on any atom is -0.360 e. The molecule has 2 saturated carbocycles. The van der Waals surface area contributed by atoms with Gasteiger partial charge in [-0.3, -0.25) is 14.4 Å². The maximum absolute atomic E-state index is 13.8. The molecular formula is C27H33N9O3S. The average Bonchev–Trinajstić information content (AvgIpc) is 3.81. The lowest BCUT2D eigenvalue weighted by Crippen LogP contribution is -2.30. The number of anilines is 1. The van der Waals surface area contributed by atoms with Gasteiger partial charge in [0, 0.05) is 12.0 Å². The monoisotopic (exact) mass is 563 g/mol. The van der Waals surface area contributed by atoms with Gasteiger partial charge in [0.25, 0.3) is 5.56 Å². The van der Waals surface area contributed by atoms with E-state index in [1.807, 2.05) is 20.8 Å². The van der Waals surface area contributed by atoms with Gasteiger partial charge in [0.1, 0.15) is 11.8 Å². The first-order valence-corrected chi connectivity index (χ1v) is 14.8. The highest BCUT2D eigenvalue weighted by atomic mass is 32.2. The van der Waals surface area contributed by atoms with Gasteiger partial charge in [-0.05, 0) is 78.2 Å². The molecule has 3 heterocycles. The summed E-state index contributed by atoms with van der Waals surface area (Å²) in [6, 6.07) is -0.0930. The third kappa shape index (κ3) is 5.56. The first-order valence-electron chi connectivity index (χ1n) is 13.2. The van der Waals surface area contributed by atoms with Crippen LogP contribution in [0.2, 0.25) is 0 Å². The van der Waals surface area contributed by atoms with E-state index in [0.29, 0.717) is 40.2 Å². The van der Waals surface area contributed by atoms with Crippen LogP contribution >= 0.6 is 0 Å². The summed E-state index contributed by atoms with van der Waals surface area (Å²) in [5.74, 6) is 1.37. The minimum atomic E-state index is -3.81. The Balaban J connectivity index is 1.60. The summed E-state index contributed by atoms with van der Waals surface area (Å²) >= 11 is 0. The van der Waals surface area contributed by atoms with Crippen LogP contribution in [-0.4, -0.2) is 51.2 Å². The Bertz CT molecular complexity index is 1740. The van der Waals surface area contributed by atoms with Crippen LogP contribution < -0.4 is 16.0 Å². The zero-order valence-electron chi connectivity index (χ0n) is 23.0. The van der Waals surface area contributed by atoms with E-state index in [1.54, 1.807) is 10.9 Å². The van der Waals surface area contributed by atoms with Gasteiger partial charge >= 0.3 is 0 Å². The van der Waals surface area contributed by atoms with Crippen molar-refractivity contribution in [3.05, 3.63) is 56.5 Å².